The maximum atomic E-state index is 14.5. The van der Waals surface area contributed by atoms with Crippen LogP contribution in [-0.2, 0) is 29.9 Å². The molecule has 0 aliphatic carbocycles. The molecular formula is C39H42N8O3S. The van der Waals surface area contributed by atoms with Gasteiger partial charge in [-0.05, 0) is 68.5 Å². The average Bonchev–Trinajstić information content (AvgIpc) is 3.44. The molecular weight excluding hydrogens is 661 g/mol. The van der Waals surface area contributed by atoms with E-state index in [1.165, 1.54) is 10.5 Å². The topological polar surface area (TPSA) is 130 Å². The van der Waals surface area contributed by atoms with Gasteiger partial charge in [-0.1, -0.05) is 48.5 Å². The van der Waals surface area contributed by atoms with Gasteiger partial charge in [0.25, 0.3) is 15.9 Å². The highest BCUT2D eigenvalue weighted by Crippen LogP contribution is 2.34. The fourth-order valence-corrected chi connectivity index (χ4v) is 7.78. The number of aryl methyl sites for hydroxylation is 3. The monoisotopic (exact) mass is 702 g/mol. The molecule has 0 radical (unpaired) electrons. The number of nitrogens with two attached hydrogens (primary N) is 1. The molecule has 2 N–H and O–H groups in total. The largest absolute Gasteiger partial charge is 0.383 e. The van der Waals surface area contributed by atoms with Crippen LogP contribution in [0, 0.1) is 0 Å². The summed E-state index contributed by atoms with van der Waals surface area (Å²) in [5, 5.41) is 1.56. The summed E-state index contributed by atoms with van der Waals surface area (Å²) in [6.45, 7) is 0.808. The minimum atomic E-state index is -3.95. The highest BCUT2D eigenvalue weighted by atomic mass is 32.2. The summed E-state index contributed by atoms with van der Waals surface area (Å²) in [7, 11) is 5.79. The summed E-state index contributed by atoms with van der Waals surface area (Å²) in [6, 6.07) is 27.8. The Bertz CT molecular complexity index is 2330. The van der Waals surface area contributed by atoms with Crippen LogP contribution in [0.4, 0.5) is 11.4 Å². The molecule has 0 aliphatic rings. The molecule has 0 unspecified atom stereocenters. The SMILES string of the molecule is CN(C)CCN(c1ccc2c(c1)nc(CCc1ccc(C(N)=NC(=O)c3cccnc3)cc1)n2C)S(=O)(=O)c1cccc2c(N(C)C)cccc12. The van der Waals surface area contributed by atoms with E-state index in [4.69, 9.17) is 10.7 Å². The number of imidazole rings is 1. The van der Waals surface area contributed by atoms with Crippen molar-refractivity contribution >= 4 is 54.9 Å². The number of fused-ring (bicyclic) bond motifs is 2. The molecule has 0 atom stereocenters. The fraction of sp³-hybridized carbons (Fsp3) is 0.231. The number of hydrogen-bond acceptors (Lipinski definition) is 7. The first-order chi connectivity index (χ1) is 24.4. The normalized spacial score (nSPS) is 12.2. The van der Waals surface area contributed by atoms with Crippen molar-refractivity contribution in [1.29, 1.82) is 0 Å². The van der Waals surface area contributed by atoms with Gasteiger partial charge in [-0.15, -0.1) is 0 Å². The van der Waals surface area contributed by atoms with Crippen molar-refractivity contribution in [3.05, 3.63) is 126 Å². The first-order valence-corrected chi connectivity index (χ1v) is 18.1. The number of amidine groups is 1. The number of hydrogen-bond donors (Lipinski definition) is 1. The van der Waals surface area contributed by atoms with Gasteiger partial charge in [-0.25, -0.2) is 13.4 Å². The quantitative estimate of drug-likeness (QED) is 0.135. The molecule has 12 heteroatoms. The Balaban J connectivity index is 1.25. The van der Waals surface area contributed by atoms with Gasteiger partial charge < -0.3 is 20.1 Å². The highest BCUT2D eigenvalue weighted by Gasteiger charge is 2.28. The Morgan fingerprint density at radius 2 is 1.59 bits per heavy atom. The number of aliphatic imine (C=N–C) groups is 1. The van der Waals surface area contributed by atoms with Gasteiger partial charge >= 0.3 is 0 Å². The van der Waals surface area contributed by atoms with Gasteiger partial charge in [-0.3, -0.25) is 14.1 Å². The second-order valence-electron chi connectivity index (χ2n) is 12.9. The van der Waals surface area contributed by atoms with Crippen molar-refractivity contribution in [2.45, 2.75) is 17.7 Å². The van der Waals surface area contributed by atoms with Gasteiger partial charge in [-0.2, -0.15) is 4.99 Å². The van der Waals surface area contributed by atoms with Crippen LogP contribution in [0.15, 0.2) is 113 Å². The number of carbonyl (C=O) groups excluding carboxylic acids is 1. The van der Waals surface area contributed by atoms with Gasteiger partial charge in [0.2, 0.25) is 0 Å². The summed E-state index contributed by atoms with van der Waals surface area (Å²) in [5.41, 5.74) is 11.4. The van der Waals surface area contributed by atoms with Gasteiger partial charge in [0.15, 0.2) is 0 Å². The van der Waals surface area contributed by atoms with Gasteiger partial charge in [0.1, 0.15) is 11.7 Å². The lowest BCUT2D eigenvalue weighted by atomic mass is 10.1. The van der Waals surface area contributed by atoms with E-state index in [0.29, 0.717) is 35.2 Å². The van der Waals surface area contributed by atoms with Crippen molar-refractivity contribution in [3.63, 3.8) is 0 Å². The number of anilines is 2. The van der Waals surface area contributed by atoms with Crippen LogP contribution in [-0.4, -0.2) is 80.9 Å². The predicted molar refractivity (Wildman–Crippen MR) is 205 cm³/mol. The summed E-state index contributed by atoms with van der Waals surface area (Å²) in [4.78, 5) is 29.6. The van der Waals surface area contributed by atoms with Crippen molar-refractivity contribution in [3.8, 4) is 0 Å². The maximum absolute atomic E-state index is 14.5. The number of carbonyl (C=O) groups is 1. The van der Waals surface area contributed by atoms with Crippen LogP contribution >= 0.6 is 0 Å². The minimum absolute atomic E-state index is 0.141. The molecule has 6 rings (SSSR count). The van der Waals surface area contributed by atoms with Crippen molar-refractivity contribution in [2.75, 3.05) is 50.5 Å². The zero-order valence-corrected chi connectivity index (χ0v) is 30.3. The Morgan fingerprint density at radius 3 is 2.29 bits per heavy atom. The van der Waals surface area contributed by atoms with Crippen LogP contribution in [0.3, 0.4) is 0 Å². The van der Waals surface area contributed by atoms with Gasteiger partial charge in [0.05, 0.1) is 27.2 Å². The average molecular weight is 703 g/mol. The van der Waals surface area contributed by atoms with Crippen LogP contribution in [0.5, 0.6) is 0 Å². The number of pyridine rings is 1. The molecule has 11 nitrogen and oxygen atoms in total. The zero-order chi connectivity index (χ0) is 36.3. The van der Waals surface area contributed by atoms with Crippen LogP contribution < -0.4 is 14.9 Å². The number of amides is 1. The number of benzene rings is 4. The number of sulfonamides is 1. The maximum Gasteiger partial charge on any atom is 0.280 e. The van der Waals surface area contributed by atoms with E-state index in [9.17, 15) is 13.2 Å². The molecule has 0 saturated heterocycles. The lowest BCUT2D eigenvalue weighted by Crippen LogP contribution is -2.36. The van der Waals surface area contributed by atoms with E-state index in [-0.39, 0.29) is 17.3 Å². The molecule has 0 spiro atoms. The predicted octanol–water partition coefficient (Wildman–Crippen LogP) is 5.28. The molecule has 2 heterocycles. The zero-order valence-electron chi connectivity index (χ0n) is 29.5. The fourth-order valence-electron chi connectivity index (χ4n) is 6.12. The number of rotatable bonds is 12. The van der Waals surface area contributed by atoms with E-state index in [1.54, 1.807) is 24.4 Å². The minimum Gasteiger partial charge on any atom is -0.383 e. The molecule has 6 aromatic rings. The van der Waals surface area contributed by atoms with E-state index in [0.717, 1.165) is 39.9 Å². The standard InChI is InChI=1S/C39H42N8O3S/c1-44(2)23-24-47(51(49,50)36-13-7-10-31-32(36)11-6-12-34(31)45(3)4)30-19-20-35-33(25-30)42-37(46(35)5)21-16-27-14-17-28(18-15-27)38(40)43-39(48)29-9-8-22-41-26-29/h6-15,17-20,22,25-26H,16,21,23-24H2,1-5H3,(H2,40,43,48). The molecule has 0 aliphatic heterocycles. The molecule has 0 saturated carbocycles. The van der Waals surface area contributed by atoms with Crippen molar-refractivity contribution in [2.24, 2.45) is 17.8 Å². The van der Waals surface area contributed by atoms with Crippen LogP contribution in [0.1, 0.15) is 27.3 Å². The Labute approximate surface area is 298 Å². The van der Waals surface area contributed by atoms with Crippen molar-refractivity contribution in [1.82, 2.24) is 19.4 Å². The Morgan fingerprint density at radius 1 is 0.843 bits per heavy atom. The van der Waals surface area contributed by atoms with E-state index in [2.05, 4.69) is 9.98 Å². The smallest absolute Gasteiger partial charge is 0.280 e. The molecule has 2 aromatic heterocycles. The lowest BCUT2D eigenvalue weighted by molar-refractivity contribution is 0.100. The summed E-state index contributed by atoms with van der Waals surface area (Å²) in [6.07, 6.45) is 4.43. The van der Waals surface area contributed by atoms with Crippen molar-refractivity contribution < 1.29 is 13.2 Å². The summed E-state index contributed by atoms with van der Waals surface area (Å²) >= 11 is 0. The molecule has 1 amide bonds. The lowest BCUT2D eigenvalue weighted by Gasteiger charge is -2.27. The van der Waals surface area contributed by atoms with Crippen LogP contribution in [0.2, 0.25) is 0 Å². The molecule has 0 bridgehead atoms. The summed E-state index contributed by atoms with van der Waals surface area (Å²) < 4.78 is 32.6. The molecule has 262 valence electrons. The van der Waals surface area contributed by atoms with Gasteiger partial charge in [0, 0.05) is 75.1 Å². The highest BCUT2D eigenvalue weighted by molar-refractivity contribution is 7.93. The second-order valence-corrected chi connectivity index (χ2v) is 14.7. The third-order valence-electron chi connectivity index (χ3n) is 8.92. The molecule has 4 aromatic carbocycles. The molecule has 51 heavy (non-hydrogen) atoms. The van der Waals surface area contributed by atoms with E-state index in [1.807, 2.05) is 122 Å². The van der Waals surface area contributed by atoms with E-state index < -0.39 is 15.9 Å². The number of nitrogens with zero attached hydrogens (tertiary/aromatic N) is 7. The third-order valence-corrected chi connectivity index (χ3v) is 10.8. The summed E-state index contributed by atoms with van der Waals surface area (Å²) in [5.74, 6) is 0.574. The number of aromatic nitrogens is 3. The Hall–Kier alpha value is -5.59. The van der Waals surface area contributed by atoms with E-state index >= 15 is 0 Å². The second kappa shape index (κ2) is 14.7. The first kappa shape index (κ1) is 35.2. The third kappa shape index (κ3) is 7.47. The molecule has 0 fully saturated rings. The first-order valence-electron chi connectivity index (χ1n) is 16.6. The Kier molecular flexibility index (Phi) is 10.2. The van der Waals surface area contributed by atoms with Crippen LogP contribution in [0.25, 0.3) is 21.8 Å². The number of likely N-dealkylation sites (N-methyl/N-ethyl adjacent to an activating group) is 1.